The second kappa shape index (κ2) is 9.07. The van der Waals surface area contributed by atoms with Crippen LogP contribution in [0.3, 0.4) is 0 Å². The molecule has 0 atom stereocenters. The zero-order chi connectivity index (χ0) is 15.7. The van der Waals surface area contributed by atoms with Crippen LogP contribution >= 0.6 is 0 Å². The van der Waals surface area contributed by atoms with E-state index in [2.05, 4.69) is 29.4 Å². The summed E-state index contributed by atoms with van der Waals surface area (Å²) in [6.07, 6.45) is 0.778. The molecule has 0 aliphatic heterocycles. The van der Waals surface area contributed by atoms with Crippen LogP contribution in [0.2, 0.25) is 0 Å². The summed E-state index contributed by atoms with van der Waals surface area (Å²) in [7, 11) is 0. The largest absolute Gasteiger partial charge is 0.348 e. The Bertz CT molecular complexity index is 476. The quantitative estimate of drug-likeness (QED) is 0.593. The first-order chi connectivity index (χ1) is 10.1. The van der Waals surface area contributed by atoms with Crippen LogP contribution < -0.4 is 10.6 Å². The van der Waals surface area contributed by atoms with E-state index in [1.54, 1.807) is 0 Å². The van der Waals surface area contributed by atoms with Gasteiger partial charge in [0, 0.05) is 12.2 Å². The molecular formula is C15H22FN3O2. The van der Waals surface area contributed by atoms with Crippen molar-refractivity contribution in [2.45, 2.75) is 20.3 Å². The molecule has 0 fully saturated rings. The van der Waals surface area contributed by atoms with E-state index in [9.17, 15) is 14.0 Å². The van der Waals surface area contributed by atoms with Gasteiger partial charge >= 0.3 is 11.8 Å². The zero-order valence-electron chi connectivity index (χ0n) is 12.5. The highest BCUT2D eigenvalue weighted by molar-refractivity contribution is 6.39. The lowest BCUT2D eigenvalue weighted by Crippen LogP contribution is -2.37. The van der Waals surface area contributed by atoms with Crippen molar-refractivity contribution < 1.29 is 14.0 Å². The lowest BCUT2D eigenvalue weighted by atomic mass is 10.3. The van der Waals surface area contributed by atoms with E-state index in [0.717, 1.165) is 32.1 Å². The van der Waals surface area contributed by atoms with Crippen molar-refractivity contribution in [2.75, 3.05) is 31.5 Å². The van der Waals surface area contributed by atoms with Gasteiger partial charge in [0.1, 0.15) is 5.82 Å². The fourth-order valence-corrected chi connectivity index (χ4v) is 1.88. The number of benzene rings is 1. The van der Waals surface area contributed by atoms with Gasteiger partial charge in [-0.15, -0.1) is 0 Å². The minimum absolute atomic E-state index is 0.262. The normalized spacial score (nSPS) is 10.5. The van der Waals surface area contributed by atoms with Crippen LogP contribution in [0.5, 0.6) is 0 Å². The van der Waals surface area contributed by atoms with E-state index < -0.39 is 17.6 Å². The highest BCUT2D eigenvalue weighted by atomic mass is 19.1. The van der Waals surface area contributed by atoms with Crippen LogP contribution in [0.25, 0.3) is 0 Å². The molecule has 5 nitrogen and oxygen atoms in total. The van der Waals surface area contributed by atoms with Gasteiger partial charge < -0.3 is 15.5 Å². The molecule has 0 heterocycles. The molecule has 21 heavy (non-hydrogen) atoms. The predicted octanol–water partition coefficient (Wildman–Crippen LogP) is 1.61. The van der Waals surface area contributed by atoms with Gasteiger partial charge in [-0.3, -0.25) is 9.59 Å². The number of carbonyl (C=O) groups is 2. The number of nitrogens with one attached hydrogen (secondary N) is 2. The summed E-state index contributed by atoms with van der Waals surface area (Å²) in [5, 5.41) is 4.90. The van der Waals surface area contributed by atoms with Crippen molar-refractivity contribution in [3.05, 3.63) is 30.1 Å². The Morgan fingerprint density at radius 1 is 1.19 bits per heavy atom. The van der Waals surface area contributed by atoms with Crippen molar-refractivity contribution in [3.8, 4) is 0 Å². The first-order valence-electron chi connectivity index (χ1n) is 7.14. The number of hydrogen-bond donors (Lipinski definition) is 2. The molecule has 0 unspecified atom stereocenters. The van der Waals surface area contributed by atoms with E-state index in [4.69, 9.17) is 0 Å². The molecule has 1 rings (SSSR count). The molecule has 2 amide bonds. The van der Waals surface area contributed by atoms with Crippen LogP contribution in [-0.2, 0) is 9.59 Å². The molecule has 0 aliphatic rings. The van der Waals surface area contributed by atoms with Crippen LogP contribution in [0.4, 0.5) is 10.1 Å². The maximum absolute atomic E-state index is 13.0. The number of amides is 2. The summed E-state index contributed by atoms with van der Waals surface area (Å²) in [4.78, 5) is 25.4. The fourth-order valence-electron chi connectivity index (χ4n) is 1.88. The van der Waals surface area contributed by atoms with E-state index in [-0.39, 0.29) is 5.69 Å². The third-order valence-electron chi connectivity index (χ3n) is 3.12. The Labute approximate surface area is 124 Å². The lowest BCUT2D eigenvalue weighted by molar-refractivity contribution is -0.136. The van der Waals surface area contributed by atoms with Crippen molar-refractivity contribution in [2.24, 2.45) is 0 Å². The maximum Gasteiger partial charge on any atom is 0.313 e. The molecule has 6 heteroatoms. The van der Waals surface area contributed by atoms with Gasteiger partial charge in [0.25, 0.3) is 0 Å². The first-order valence-corrected chi connectivity index (χ1v) is 7.14. The van der Waals surface area contributed by atoms with E-state index in [0.29, 0.717) is 6.54 Å². The molecule has 0 radical (unpaired) electrons. The Morgan fingerprint density at radius 2 is 1.90 bits per heavy atom. The smallest absolute Gasteiger partial charge is 0.313 e. The average molecular weight is 295 g/mol. The average Bonchev–Trinajstić information content (AvgIpc) is 2.47. The van der Waals surface area contributed by atoms with E-state index >= 15 is 0 Å². The molecule has 116 valence electrons. The number of carbonyl (C=O) groups excluding carboxylic acids is 2. The molecule has 0 saturated carbocycles. The monoisotopic (exact) mass is 295 g/mol. The highest BCUT2D eigenvalue weighted by Crippen LogP contribution is 2.08. The SMILES string of the molecule is CCN(CC)CCCNC(=O)C(=O)Nc1cccc(F)c1. The number of nitrogens with zero attached hydrogens (tertiary/aromatic N) is 1. The maximum atomic E-state index is 13.0. The Balaban J connectivity index is 2.30. The standard InChI is InChI=1S/C15H22FN3O2/c1-3-19(4-2)10-6-9-17-14(20)15(21)18-13-8-5-7-12(16)11-13/h5,7-8,11H,3-4,6,9-10H2,1-2H3,(H,17,20)(H,18,21). The molecule has 0 bridgehead atoms. The van der Waals surface area contributed by atoms with Gasteiger partial charge in [0.15, 0.2) is 0 Å². The summed E-state index contributed by atoms with van der Waals surface area (Å²) in [5.41, 5.74) is 0.262. The Kier molecular flexibility index (Phi) is 7.39. The minimum atomic E-state index is -0.788. The first kappa shape index (κ1) is 17.1. The third kappa shape index (κ3) is 6.35. The van der Waals surface area contributed by atoms with Crippen LogP contribution in [0.1, 0.15) is 20.3 Å². The van der Waals surface area contributed by atoms with Gasteiger partial charge in [-0.05, 0) is 44.3 Å². The molecule has 0 saturated heterocycles. The Morgan fingerprint density at radius 3 is 2.52 bits per heavy atom. The second-order valence-corrected chi connectivity index (χ2v) is 4.60. The molecule has 0 spiro atoms. The van der Waals surface area contributed by atoms with Crippen molar-refractivity contribution in [1.82, 2.24) is 10.2 Å². The van der Waals surface area contributed by atoms with Gasteiger partial charge in [-0.1, -0.05) is 19.9 Å². The molecule has 1 aromatic carbocycles. The number of hydrogen-bond acceptors (Lipinski definition) is 3. The van der Waals surface area contributed by atoms with E-state index in [1.807, 2.05) is 0 Å². The molecular weight excluding hydrogens is 273 g/mol. The second-order valence-electron chi connectivity index (χ2n) is 4.60. The molecule has 2 N–H and O–H groups in total. The van der Waals surface area contributed by atoms with Gasteiger partial charge in [0.2, 0.25) is 0 Å². The minimum Gasteiger partial charge on any atom is -0.348 e. The third-order valence-corrected chi connectivity index (χ3v) is 3.12. The number of rotatable bonds is 7. The van der Waals surface area contributed by atoms with Gasteiger partial charge in [0.05, 0.1) is 0 Å². The topological polar surface area (TPSA) is 61.4 Å². The van der Waals surface area contributed by atoms with Gasteiger partial charge in [-0.25, -0.2) is 4.39 Å². The summed E-state index contributed by atoms with van der Waals surface area (Å²) in [5.74, 6) is -1.96. The van der Waals surface area contributed by atoms with Crippen molar-refractivity contribution in [1.29, 1.82) is 0 Å². The highest BCUT2D eigenvalue weighted by Gasteiger charge is 2.13. The zero-order valence-corrected chi connectivity index (χ0v) is 12.5. The van der Waals surface area contributed by atoms with Crippen molar-refractivity contribution in [3.63, 3.8) is 0 Å². The summed E-state index contributed by atoms with van der Waals surface area (Å²) in [6, 6.07) is 5.41. The Hall–Kier alpha value is -1.95. The van der Waals surface area contributed by atoms with Crippen molar-refractivity contribution >= 4 is 17.5 Å². The number of halogens is 1. The predicted molar refractivity (Wildman–Crippen MR) is 80.4 cm³/mol. The van der Waals surface area contributed by atoms with Crippen LogP contribution in [0.15, 0.2) is 24.3 Å². The van der Waals surface area contributed by atoms with Gasteiger partial charge in [-0.2, -0.15) is 0 Å². The number of anilines is 1. The fraction of sp³-hybridized carbons (Fsp3) is 0.467. The summed E-state index contributed by atoms with van der Waals surface area (Å²) >= 11 is 0. The molecule has 0 aromatic heterocycles. The molecule has 0 aliphatic carbocycles. The van der Waals surface area contributed by atoms with Crippen LogP contribution in [0, 0.1) is 5.82 Å². The summed E-state index contributed by atoms with van der Waals surface area (Å²) < 4.78 is 13.0. The van der Waals surface area contributed by atoms with E-state index in [1.165, 1.54) is 18.2 Å². The molecule has 1 aromatic rings. The summed E-state index contributed by atoms with van der Waals surface area (Å²) in [6.45, 7) is 7.39. The lowest BCUT2D eigenvalue weighted by Gasteiger charge is -2.17. The van der Waals surface area contributed by atoms with Crippen LogP contribution in [-0.4, -0.2) is 42.9 Å².